The molecule has 0 bridgehead atoms. The molecule has 1 aromatic heterocycles. The molecule has 0 saturated carbocycles. The van der Waals surface area contributed by atoms with Gasteiger partial charge in [0.1, 0.15) is 5.69 Å². The third-order valence-corrected chi connectivity index (χ3v) is 4.94. The highest BCUT2D eigenvalue weighted by Gasteiger charge is 2.28. The number of rotatable bonds is 4. The van der Waals surface area contributed by atoms with Crippen LogP contribution in [0.4, 0.5) is 0 Å². The Labute approximate surface area is 140 Å². The Kier molecular flexibility index (Phi) is 5.56. The lowest BCUT2D eigenvalue weighted by atomic mass is 10.1. The highest BCUT2D eigenvalue weighted by atomic mass is 35.5. The van der Waals surface area contributed by atoms with Crippen molar-refractivity contribution in [3.05, 3.63) is 51.5 Å². The Hall–Kier alpha value is -1.43. The lowest BCUT2D eigenvalue weighted by molar-refractivity contribution is 0.0732. The number of benzene rings is 1. The normalized spacial score (nSPS) is 13.5. The summed E-state index contributed by atoms with van der Waals surface area (Å²) in [5, 5.41) is 2.77. The zero-order valence-corrected chi connectivity index (χ0v) is 14.1. The second kappa shape index (κ2) is 7.22. The van der Waals surface area contributed by atoms with Crippen LogP contribution in [0.25, 0.3) is 0 Å². The smallest absolute Gasteiger partial charge is 0.273 e. The molecule has 118 valence electrons. The predicted octanol–water partition coefficient (Wildman–Crippen LogP) is 2.31. The Morgan fingerprint density at radius 2 is 2.00 bits per heavy atom. The highest BCUT2D eigenvalue weighted by molar-refractivity contribution is 7.09. The van der Waals surface area contributed by atoms with Crippen molar-refractivity contribution in [2.75, 3.05) is 13.6 Å². The van der Waals surface area contributed by atoms with Crippen LogP contribution in [0.3, 0.4) is 0 Å². The quantitative estimate of drug-likeness (QED) is 0.931. The lowest BCUT2D eigenvalue weighted by Crippen LogP contribution is -2.37. The molecule has 0 spiro atoms. The Bertz CT molecular complexity index is 633. The fourth-order valence-electron chi connectivity index (χ4n) is 2.80. The molecule has 1 aliphatic rings. The first-order valence-corrected chi connectivity index (χ1v) is 8.05. The summed E-state index contributed by atoms with van der Waals surface area (Å²) in [6.07, 6.45) is 2.59. The number of nitrogens with two attached hydrogens (primary N) is 1. The molecule has 22 heavy (non-hydrogen) atoms. The van der Waals surface area contributed by atoms with Crippen LogP contribution in [0.5, 0.6) is 0 Å². The number of hydrogen-bond acceptors (Lipinski definition) is 4. The first-order valence-electron chi connectivity index (χ1n) is 7.17. The van der Waals surface area contributed by atoms with E-state index in [0.29, 0.717) is 12.2 Å². The summed E-state index contributed by atoms with van der Waals surface area (Å²) in [6.45, 7) is 0.564. The second-order valence-corrected chi connectivity index (χ2v) is 6.35. The molecule has 1 aliphatic carbocycles. The van der Waals surface area contributed by atoms with Gasteiger partial charge in [-0.1, -0.05) is 24.3 Å². The van der Waals surface area contributed by atoms with Crippen LogP contribution in [0, 0.1) is 0 Å². The van der Waals surface area contributed by atoms with E-state index in [1.807, 2.05) is 17.3 Å². The number of nitrogens with zero attached hydrogens (tertiary/aromatic N) is 2. The molecule has 1 heterocycles. The van der Waals surface area contributed by atoms with Gasteiger partial charge in [-0.25, -0.2) is 4.98 Å². The van der Waals surface area contributed by atoms with Gasteiger partial charge in [0.05, 0.1) is 5.01 Å². The maximum absolute atomic E-state index is 12.5. The maximum atomic E-state index is 12.5. The average molecular weight is 338 g/mol. The van der Waals surface area contributed by atoms with Crippen LogP contribution in [-0.2, 0) is 19.3 Å². The van der Waals surface area contributed by atoms with Crippen molar-refractivity contribution in [1.82, 2.24) is 9.88 Å². The van der Waals surface area contributed by atoms with Crippen LogP contribution in [0.15, 0.2) is 29.6 Å². The van der Waals surface area contributed by atoms with Crippen LogP contribution >= 0.6 is 23.7 Å². The van der Waals surface area contributed by atoms with E-state index in [2.05, 4.69) is 29.2 Å². The largest absolute Gasteiger partial charge is 0.337 e. The standard InChI is InChI=1S/C16H19N3OS.ClH/c1-19(13-8-11-4-2-3-5-12(11)9-13)16(20)14-10-21-15(18-14)6-7-17;/h2-5,10,13H,6-9,17H2,1H3;1H. The van der Waals surface area contributed by atoms with E-state index in [1.165, 1.54) is 22.5 Å². The molecule has 2 N–H and O–H groups in total. The van der Waals surface area contributed by atoms with Crippen molar-refractivity contribution < 1.29 is 4.79 Å². The number of halogens is 1. The van der Waals surface area contributed by atoms with E-state index in [9.17, 15) is 4.79 Å². The van der Waals surface area contributed by atoms with E-state index in [1.54, 1.807) is 0 Å². The number of carbonyl (C=O) groups excluding carboxylic acids is 1. The van der Waals surface area contributed by atoms with Crippen molar-refractivity contribution in [1.29, 1.82) is 0 Å². The molecule has 0 unspecified atom stereocenters. The number of aromatic nitrogens is 1. The molecular formula is C16H20ClN3OS. The first-order chi connectivity index (χ1) is 10.2. The zero-order chi connectivity index (χ0) is 14.8. The number of thiazole rings is 1. The number of hydrogen-bond donors (Lipinski definition) is 1. The van der Waals surface area contributed by atoms with Crippen molar-refractivity contribution in [2.24, 2.45) is 5.73 Å². The Morgan fingerprint density at radius 1 is 1.36 bits per heavy atom. The van der Waals surface area contributed by atoms with Crippen molar-refractivity contribution in [3.63, 3.8) is 0 Å². The van der Waals surface area contributed by atoms with Crippen molar-refractivity contribution >= 4 is 29.7 Å². The summed E-state index contributed by atoms with van der Waals surface area (Å²) < 4.78 is 0. The lowest BCUT2D eigenvalue weighted by Gasteiger charge is -2.23. The van der Waals surface area contributed by atoms with Gasteiger partial charge < -0.3 is 10.6 Å². The third-order valence-electron chi connectivity index (χ3n) is 4.03. The molecule has 3 rings (SSSR count). The fourth-order valence-corrected chi connectivity index (χ4v) is 3.59. The van der Waals surface area contributed by atoms with Gasteiger partial charge in [-0.3, -0.25) is 4.79 Å². The summed E-state index contributed by atoms with van der Waals surface area (Å²) in [4.78, 5) is 18.8. The minimum absolute atomic E-state index is 0. The molecule has 0 aliphatic heterocycles. The minimum Gasteiger partial charge on any atom is -0.337 e. The monoisotopic (exact) mass is 337 g/mol. The van der Waals surface area contributed by atoms with E-state index in [0.717, 1.165) is 24.3 Å². The van der Waals surface area contributed by atoms with Gasteiger partial charge in [0.2, 0.25) is 0 Å². The van der Waals surface area contributed by atoms with E-state index in [4.69, 9.17) is 5.73 Å². The summed E-state index contributed by atoms with van der Waals surface area (Å²) in [7, 11) is 1.88. The molecule has 0 radical (unpaired) electrons. The van der Waals surface area contributed by atoms with Crippen molar-refractivity contribution in [2.45, 2.75) is 25.3 Å². The first kappa shape index (κ1) is 16.9. The molecule has 0 fully saturated rings. The molecule has 0 atom stereocenters. The van der Waals surface area contributed by atoms with Gasteiger partial charge >= 0.3 is 0 Å². The molecule has 2 aromatic rings. The topological polar surface area (TPSA) is 59.2 Å². The van der Waals surface area contributed by atoms with E-state index < -0.39 is 0 Å². The maximum Gasteiger partial charge on any atom is 0.273 e. The van der Waals surface area contributed by atoms with Gasteiger partial charge in [0.15, 0.2) is 0 Å². The molecule has 6 heteroatoms. The summed E-state index contributed by atoms with van der Waals surface area (Å²) >= 11 is 1.51. The third kappa shape index (κ3) is 3.32. The number of fused-ring (bicyclic) bond motifs is 1. The highest BCUT2D eigenvalue weighted by Crippen LogP contribution is 2.25. The SMILES string of the molecule is CN(C(=O)c1csc(CCN)n1)C1Cc2ccccc2C1.Cl. The predicted molar refractivity (Wildman–Crippen MR) is 91.9 cm³/mol. The van der Waals surface area contributed by atoms with Crippen LogP contribution < -0.4 is 5.73 Å². The fraction of sp³-hybridized carbons (Fsp3) is 0.375. The summed E-state index contributed by atoms with van der Waals surface area (Å²) in [6, 6.07) is 8.64. The average Bonchev–Trinajstić information content (AvgIpc) is 3.12. The zero-order valence-electron chi connectivity index (χ0n) is 12.5. The summed E-state index contributed by atoms with van der Waals surface area (Å²) in [5.41, 5.74) is 8.77. The molecule has 0 saturated heterocycles. The van der Waals surface area contributed by atoms with Gasteiger partial charge in [0.25, 0.3) is 5.91 Å². The van der Waals surface area contributed by atoms with E-state index >= 15 is 0 Å². The molecular weight excluding hydrogens is 318 g/mol. The van der Waals surface area contributed by atoms with Gasteiger partial charge in [-0.15, -0.1) is 23.7 Å². The molecule has 1 aromatic carbocycles. The van der Waals surface area contributed by atoms with E-state index in [-0.39, 0.29) is 24.4 Å². The number of carbonyl (C=O) groups is 1. The van der Waals surface area contributed by atoms with Gasteiger partial charge in [-0.05, 0) is 30.5 Å². The Morgan fingerprint density at radius 3 is 2.59 bits per heavy atom. The number of likely N-dealkylation sites (N-methyl/N-ethyl adjacent to an activating group) is 1. The minimum atomic E-state index is 0. The van der Waals surface area contributed by atoms with Gasteiger partial charge in [-0.2, -0.15) is 0 Å². The number of amides is 1. The van der Waals surface area contributed by atoms with Crippen LogP contribution in [-0.4, -0.2) is 35.4 Å². The van der Waals surface area contributed by atoms with Gasteiger partial charge in [0, 0.05) is 24.9 Å². The van der Waals surface area contributed by atoms with Crippen molar-refractivity contribution in [3.8, 4) is 0 Å². The Balaban J connectivity index is 0.00000176. The molecule has 4 nitrogen and oxygen atoms in total. The molecule has 1 amide bonds. The summed E-state index contributed by atoms with van der Waals surface area (Å²) in [5.74, 6) is 0.00678. The second-order valence-electron chi connectivity index (χ2n) is 5.41. The van der Waals surface area contributed by atoms with Crippen LogP contribution in [0.2, 0.25) is 0 Å². The van der Waals surface area contributed by atoms with Crippen LogP contribution in [0.1, 0.15) is 26.6 Å².